The quantitative estimate of drug-likeness (QED) is 0.123. The molecule has 7 nitrogen and oxygen atoms in total. The Kier molecular flexibility index (Phi) is 9.22. The lowest BCUT2D eigenvalue weighted by molar-refractivity contribution is 0.130. The summed E-state index contributed by atoms with van der Waals surface area (Å²) in [7, 11) is 0. The molecule has 4 aromatic carbocycles. The third-order valence-corrected chi connectivity index (χ3v) is 6.90. The molecule has 2 aromatic heterocycles. The fourth-order valence-corrected chi connectivity index (χ4v) is 4.51. The van der Waals surface area contributed by atoms with E-state index in [-0.39, 0.29) is 0 Å². The van der Waals surface area contributed by atoms with E-state index in [9.17, 15) is 0 Å². The number of aromatic nitrogens is 2. The van der Waals surface area contributed by atoms with E-state index in [2.05, 4.69) is 10.3 Å². The van der Waals surface area contributed by atoms with Gasteiger partial charge >= 0.3 is 0 Å². The minimum atomic E-state index is 0.520. The van der Waals surface area contributed by atoms with Gasteiger partial charge in [0.1, 0.15) is 47.6 Å². The molecule has 216 valence electrons. The molecule has 0 saturated heterocycles. The zero-order valence-corrected chi connectivity index (χ0v) is 23.7. The average Bonchev–Trinajstić information content (AvgIpc) is 3.75. The van der Waals surface area contributed by atoms with Gasteiger partial charge in [-0.05, 0) is 59.7 Å². The molecule has 0 N–H and O–H groups in total. The molecule has 0 amide bonds. The van der Waals surface area contributed by atoms with Crippen molar-refractivity contribution in [2.24, 2.45) is 0 Å². The first-order valence-electron chi connectivity index (χ1n) is 14.3. The molecule has 0 bridgehead atoms. The molecule has 0 aliphatic heterocycles. The summed E-state index contributed by atoms with van der Waals surface area (Å²) in [4.78, 5) is 0. The Morgan fingerprint density at radius 3 is 1.33 bits per heavy atom. The van der Waals surface area contributed by atoms with Crippen LogP contribution in [-0.4, -0.2) is 23.5 Å². The third-order valence-electron chi connectivity index (χ3n) is 6.90. The maximum atomic E-state index is 5.87. The molecule has 2 heterocycles. The van der Waals surface area contributed by atoms with Crippen LogP contribution < -0.4 is 9.47 Å². The Bertz CT molecular complexity index is 1550. The van der Waals surface area contributed by atoms with E-state index < -0.39 is 0 Å². The van der Waals surface area contributed by atoms with Crippen molar-refractivity contribution in [3.8, 4) is 34.0 Å². The van der Waals surface area contributed by atoms with Gasteiger partial charge in [-0.3, -0.25) is 0 Å². The lowest BCUT2D eigenvalue weighted by Crippen LogP contribution is -2.01. The summed E-state index contributed by atoms with van der Waals surface area (Å²) in [6, 6.07) is 39.8. The van der Waals surface area contributed by atoms with Crippen molar-refractivity contribution >= 4 is 0 Å². The summed E-state index contributed by atoms with van der Waals surface area (Å²) in [5.74, 6) is 3.17. The van der Waals surface area contributed by atoms with E-state index in [0.29, 0.717) is 39.3 Å². The van der Waals surface area contributed by atoms with E-state index in [1.165, 1.54) is 0 Å². The summed E-state index contributed by atoms with van der Waals surface area (Å²) in [6.07, 6.45) is 1.26. The number of benzene rings is 4. The van der Waals surface area contributed by atoms with Crippen LogP contribution in [-0.2, 0) is 30.8 Å². The van der Waals surface area contributed by atoms with Gasteiger partial charge in [-0.25, -0.2) is 0 Å². The van der Waals surface area contributed by atoms with Gasteiger partial charge in [0.05, 0.1) is 13.2 Å². The van der Waals surface area contributed by atoms with Gasteiger partial charge in [0.25, 0.3) is 0 Å². The first-order valence-corrected chi connectivity index (χ1v) is 14.3. The van der Waals surface area contributed by atoms with Crippen molar-refractivity contribution in [3.63, 3.8) is 0 Å². The average molecular weight is 573 g/mol. The zero-order chi connectivity index (χ0) is 29.1. The van der Waals surface area contributed by atoms with Crippen LogP contribution in [0.1, 0.15) is 22.6 Å². The van der Waals surface area contributed by atoms with E-state index in [4.69, 9.17) is 23.3 Å². The van der Waals surface area contributed by atoms with Crippen LogP contribution in [0.15, 0.2) is 130 Å². The molecule has 7 heteroatoms. The highest BCUT2D eigenvalue weighted by molar-refractivity contribution is 5.60. The van der Waals surface area contributed by atoms with Crippen LogP contribution in [0.5, 0.6) is 11.5 Å². The summed E-state index contributed by atoms with van der Waals surface area (Å²) in [6.45, 7) is 2.11. The van der Waals surface area contributed by atoms with Crippen LogP contribution in [0.2, 0.25) is 0 Å². The minimum Gasteiger partial charge on any atom is -0.489 e. The van der Waals surface area contributed by atoms with Gasteiger partial charge in [-0.2, -0.15) is 0 Å². The molecule has 0 fully saturated rings. The van der Waals surface area contributed by atoms with E-state index in [1.54, 1.807) is 0 Å². The highest BCUT2D eigenvalue weighted by Gasteiger charge is 2.09. The first kappa shape index (κ1) is 28.0. The maximum Gasteiger partial charge on any atom is 0.139 e. The van der Waals surface area contributed by atoms with Crippen LogP contribution in [0.25, 0.3) is 22.5 Å². The van der Waals surface area contributed by atoms with Gasteiger partial charge < -0.3 is 23.3 Å². The number of hydrogen-bond acceptors (Lipinski definition) is 7. The van der Waals surface area contributed by atoms with Gasteiger partial charge in [-0.15, -0.1) is 0 Å². The van der Waals surface area contributed by atoms with Gasteiger partial charge in [0.15, 0.2) is 0 Å². The number of nitrogens with zero attached hydrogens (tertiary/aromatic N) is 2. The molecule has 6 aromatic rings. The topological polar surface area (TPSA) is 79.8 Å². The van der Waals surface area contributed by atoms with E-state index >= 15 is 0 Å². The zero-order valence-electron chi connectivity index (χ0n) is 23.7. The fourth-order valence-electron chi connectivity index (χ4n) is 4.51. The fraction of sp³-hybridized carbons (Fsp3) is 0.167. The lowest BCUT2D eigenvalue weighted by atomic mass is 10.1. The molecule has 0 atom stereocenters. The Morgan fingerprint density at radius 1 is 0.488 bits per heavy atom. The second kappa shape index (κ2) is 14.2. The Balaban J connectivity index is 0.905. The monoisotopic (exact) mass is 572 g/mol. The van der Waals surface area contributed by atoms with E-state index in [1.807, 2.05) is 121 Å². The van der Waals surface area contributed by atoms with Gasteiger partial charge in [-0.1, -0.05) is 71.0 Å². The summed E-state index contributed by atoms with van der Waals surface area (Å²) < 4.78 is 28.6. The van der Waals surface area contributed by atoms with Gasteiger partial charge in [0, 0.05) is 36.1 Å². The second-order valence-corrected chi connectivity index (χ2v) is 10.1. The van der Waals surface area contributed by atoms with Crippen molar-refractivity contribution < 1.29 is 23.3 Å². The SMILES string of the molecule is c1ccc(COc2ccc(-c3cc(CCOCCc4cc(-c5ccc(OCc6ccccc6)cc5)no4)on3)cc2)cc1. The number of ether oxygens (including phenoxy) is 3. The molecule has 43 heavy (non-hydrogen) atoms. The molecular formula is C36H32N2O5. The van der Waals surface area contributed by atoms with Crippen LogP contribution in [0, 0.1) is 0 Å². The normalized spacial score (nSPS) is 11.0. The molecule has 0 aliphatic rings. The standard InChI is InChI=1S/C36H32N2O5/c1-3-7-27(8-4-1)25-40-31-15-11-29(12-16-31)35-23-33(42-37-35)19-21-39-22-20-34-24-36(38-43-34)30-13-17-32(18-14-30)41-26-28-9-5-2-6-10-28/h1-18,23-24H,19-22,25-26H2. The maximum absolute atomic E-state index is 5.87. The van der Waals surface area contributed by atoms with Crippen molar-refractivity contribution in [3.05, 3.63) is 144 Å². The summed E-state index contributed by atoms with van der Waals surface area (Å²) >= 11 is 0. The molecular weight excluding hydrogens is 540 g/mol. The molecule has 0 aliphatic carbocycles. The third kappa shape index (κ3) is 7.99. The molecule has 0 spiro atoms. The summed E-state index contributed by atoms with van der Waals surface area (Å²) in [5, 5.41) is 8.43. The highest BCUT2D eigenvalue weighted by atomic mass is 16.5. The van der Waals surface area contributed by atoms with E-state index in [0.717, 1.165) is 56.7 Å². The molecule has 0 radical (unpaired) electrons. The van der Waals surface area contributed by atoms with Crippen molar-refractivity contribution in [2.45, 2.75) is 26.1 Å². The predicted octanol–water partition coefficient (Wildman–Crippen LogP) is 7.96. The highest BCUT2D eigenvalue weighted by Crippen LogP contribution is 2.24. The Morgan fingerprint density at radius 2 is 0.907 bits per heavy atom. The van der Waals surface area contributed by atoms with Crippen LogP contribution in [0.4, 0.5) is 0 Å². The largest absolute Gasteiger partial charge is 0.489 e. The molecule has 0 saturated carbocycles. The second-order valence-electron chi connectivity index (χ2n) is 10.1. The van der Waals surface area contributed by atoms with Gasteiger partial charge in [0.2, 0.25) is 0 Å². The lowest BCUT2D eigenvalue weighted by Gasteiger charge is -2.06. The first-order chi connectivity index (χ1) is 21.3. The summed E-state index contributed by atoms with van der Waals surface area (Å²) in [5.41, 5.74) is 5.78. The number of rotatable bonds is 14. The van der Waals surface area contributed by atoms with Crippen molar-refractivity contribution in [1.29, 1.82) is 0 Å². The van der Waals surface area contributed by atoms with Crippen molar-refractivity contribution in [2.75, 3.05) is 13.2 Å². The van der Waals surface area contributed by atoms with Crippen molar-refractivity contribution in [1.82, 2.24) is 10.3 Å². The smallest absolute Gasteiger partial charge is 0.139 e. The Labute approximate surface area is 250 Å². The van der Waals surface area contributed by atoms with Crippen LogP contribution in [0.3, 0.4) is 0 Å². The minimum absolute atomic E-state index is 0.520. The Hall–Kier alpha value is -5.14. The van der Waals surface area contributed by atoms with Crippen LogP contribution >= 0.6 is 0 Å². The number of hydrogen-bond donors (Lipinski definition) is 0. The predicted molar refractivity (Wildman–Crippen MR) is 164 cm³/mol. The molecule has 0 unspecified atom stereocenters. The molecule has 6 rings (SSSR count).